The number of nitrogens with zero attached hydrogens (tertiary/aromatic N) is 3. The monoisotopic (exact) mass is 393 g/mol. The van der Waals surface area contributed by atoms with Crippen molar-refractivity contribution in [2.24, 2.45) is 0 Å². The molecule has 2 aromatic rings. The molecule has 5 rings (SSSR count). The molecule has 3 aliphatic heterocycles. The van der Waals surface area contributed by atoms with Crippen molar-refractivity contribution in [1.29, 1.82) is 0 Å². The van der Waals surface area contributed by atoms with Gasteiger partial charge in [0.05, 0.1) is 0 Å². The minimum absolute atomic E-state index is 0.140. The van der Waals surface area contributed by atoms with Crippen LogP contribution in [0.15, 0.2) is 42.5 Å². The number of amides is 1. The normalized spacial score (nSPS) is 19.0. The highest BCUT2D eigenvalue weighted by molar-refractivity contribution is 5.94. The van der Waals surface area contributed by atoms with Crippen LogP contribution in [0.3, 0.4) is 0 Å². The summed E-state index contributed by atoms with van der Waals surface area (Å²) in [5, 5.41) is 0. The van der Waals surface area contributed by atoms with Crippen LogP contribution in [0.1, 0.15) is 28.8 Å². The van der Waals surface area contributed by atoms with Gasteiger partial charge in [-0.05, 0) is 54.8 Å². The van der Waals surface area contributed by atoms with Crippen molar-refractivity contribution in [3.8, 4) is 11.5 Å². The van der Waals surface area contributed by atoms with Crippen LogP contribution in [0.25, 0.3) is 0 Å². The van der Waals surface area contributed by atoms with E-state index in [-0.39, 0.29) is 5.91 Å². The van der Waals surface area contributed by atoms with Crippen molar-refractivity contribution < 1.29 is 14.3 Å². The molecule has 0 saturated carbocycles. The van der Waals surface area contributed by atoms with E-state index in [0.29, 0.717) is 6.79 Å². The molecule has 0 spiro atoms. The molecule has 0 radical (unpaired) electrons. The van der Waals surface area contributed by atoms with E-state index in [2.05, 4.69) is 34.1 Å². The number of fused-ring (bicyclic) bond motifs is 1. The summed E-state index contributed by atoms with van der Waals surface area (Å²) >= 11 is 0. The average Bonchev–Trinajstić information content (AvgIpc) is 3.46. The molecule has 1 amide bonds. The second-order valence-corrected chi connectivity index (χ2v) is 8.00. The summed E-state index contributed by atoms with van der Waals surface area (Å²) in [6, 6.07) is 14.3. The Labute approximate surface area is 171 Å². The fourth-order valence-electron chi connectivity index (χ4n) is 4.38. The van der Waals surface area contributed by atoms with E-state index in [1.807, 2.05) is 23.1 Å². The minimum Gasteiger partial charge on any atom is -0.454 e. The number of benzene rings is 2. The first-order valence-corrected chi connectivity index (χ1v) is 10.5. The van der Waals surface area contributed by atoms with Crippen LogP contribution in [0.4, 0.5) is 5.69 Å². The topological polar surface area (TPSA) is 45.3 Å². The Kier molecular flexibility index (Phi) is 5.02. The van der Waals surface area contributed by atoms with E-state index in [0.717, 1.165) is 62.9 Å². The molecule has 6 nitrogen and oxygen atoms in total. The molecule has 0 unspecified atom stereocenters. The quantitative estimate of drug-likeness (QED) is 0.799. The SMILES string of the molecule is O=C(c1ccc(N2CCCC2)cc1)N1CCN(Cc2ccc3c(c2)OCO3)CC1. The van der Waals surface area contributed by atoms with Gasteiger partial charge in [0.15, 0.2) is 11.5 Å². The van der Waals surface area contributed by atoms with Gasteiger partial charge >= 0.3 is 0 Å². The molecule has 0 aliphatic carbocycles. The highest BCUT2D eigenvalue weighted by Crippen LogP contribution is 2.33. The first-order chi connectivity index (χ1) is 14.3. The number of hydrogen-bond donors (Lipinski definition) is 0. The van der Waals surface area contributed by atoms with Crippen molar-refractivity contribution >= 4 is 11.6 Å². The largest absolute Gasteiger partial charge is 0.454 e. The summed E-state index contributed by atoms with van der Waals surface area (Å²) in [5.74, 6) is 1.79. The van der Waals surface area contributed by atoms with Crippen molar-refractivity contribution in [2.75, 3.05) is 51.0 Å². The molecule has 0 aromatic heterocycles. The lowest BCUT2D eigenvalue weighted by Gasteiger charge is -2.35. The molecule has 6 heteroatoms. The molecule has 2 aromatic carbocycles. The van der Waals surface area contributed by atoms with Crippen LogP contribution in [-0.4, -0.2) is 61.8 Å². The van der Waals surface area contributed by atoms with Crippen LogP contribution < -0.4 is 14.4 Å². The van der Waals surface area contributed by atoms with Crippen molar-refractivity contribution in [2.45, 2.75) is 19.4 Å². The van der Waals surface area contributed by atoms with Crippen LogP contribution in [0.2, 0.25) is 0 Å². The molecule has 0 atom stereocenters. The Balaban J connectivity index is 1.15. The van der Waals surface area contributed by atoms with E-state index >= 15 is 0 Å². The molecule has 2 saturated heterocycles. The number of ether oxygens (including phenoxy) is 2. The molecule has 0 bridgehead atoms. The first kappa shape index (κ1) is 18.3. The van der Waals surface area contributed by atoms with Crippen molar-refractivity contribution in [1.82, 2.24) is 9.80 Å². The fraction of sp³-hybridized carbons (Fsp3) is 0.435. The van der Waals surface area contributed by atoms with Gasteiger partial charge in [-0.1, -0.05) is 6.07 Å². The summed E-state index contributed by atoms with van der Waals surface area (Å²) in [4.78, 5) is 19.6. The Morgan fingerprint density at radius 3 is 2.31 bits per heavy atom. The predicted octanol–water partition coefficient (Wildman–Crippen LogP) is 2.97. The molecule has 29 heavy (non-hydrogen) atoms. The van der Waals surface area contributed by atoms with Gasteiger partial charge in [0.25, 0.3) is 5.91 Å². The third kappa shape index (κ3) is 3.90. The number of hydrogen-bond acceptors (Lipinski definition) is 5. The first-order valence-electron chi connectivity index (χ1n) is 10.5. The molecule has 3 heterocycles. The Morgan fingerprint density at radius 1 is 0.828 bits per heavy atom. The number of carbonyl (C=O) groups excluding carboxylic acids is 1. The Morgan fingerprint density at radius 2 is 1.55 bits per heavy atom. The standard InChI is InChI=1S/C23H27N3O3/c27-23(19-4-6-20(7-5-19)25-9-1-2-10-25)26-13-11-24(12-14-26)16-18-3-8-21-22(15-18)29-17-28-21/h3-8,15H,1-2,9-14,16-17H2. The lowest BCUT2D eigenvalue weighted by atomic mass is 10.1. The highest BCUT2D eigenvalue weighted by atomic mass is 16.7. The summed E-state index contributed by atoms with van der Waals surface area (Å²) in [7, 11) is 0. The summed E-state index contributed by atoms with van der Waals surface area (Å²) in [5.41, 5.74) is 3.23. The van der Waals surface area contributed by atoms with Crippen LogP contribution in [0.5, 0.6) is 11.5 Å². The Hall–Kier alpha value is -2.73. The van der Waals surface area contributed by atoms with E-state index < -0.39 is 0 Å². The zero-order valence-corrected chi connectivity index (χ0v) is 16.7. The predicted molar refractivity (Wildman–Crippen MR) is 112 cm³/mol. The zero-order chi connectivity index (χ0) is 19.6. The van der Waals surface area contributed by atoms with Crippen molar-refractivity contribution in [3.63, 3.8) is 0 Å². The van der Waals surface area contributed by atoms with E-state index in [9.17, 15) is 4.79 Å². The lowest BCUT2D eigenvalue weighted by Crippen LogP contribution is -2.48. The van der Waals surface area contributed by atoms with Gasteiger partial charge in [-0.2, -0.15) is 0 Å². The van der Waals surface area contributed by atoms with Gasteiger partial charge in [-0.15, -0.1) is 0 Å². The number of piperazine rings is 1. The van der Waals surface area contributed by atoms with Gasteiger partial charge in [-0.3, -0.25) is 9.69 Å². The van der Waals surface area contributed by atoms with Gasteiger partial charge in [0.2, 0.25) is 6.79 Å². The molecular formula is C23H27N3O3. The fourth-order valence-corrected chi connectivity index (χ4v) is 4.38. The molecular weight excluding hydrogens is 366 g/mol. The molecule has 3 aliphatic rings. The van der Waals surface area contributed by atoms with E-state index in [1.54, 1.807) is 0 Å². The smallest absolute Gasteiger partial charge is 0.253 e. The number of rotatable bonds is 4. The van der Waals surface area contributed by atoms with E-state index in [4.69, 9.17) is 9.47 Å². The maximum absolute atomic E-state index is 12.9. The summed E-state index contributed by atoms with van der Waals surface area (Å²) < 4.78 is 10.8. The summed E-state index contributed by atoms with van der Waals surface area (Å²) in [6.45, 7) is 6.70. The molecule has 152 valence electrons. The minimum atomic E-state index is 0.140. The summed E-state index contributed by atoms with van der Waals surface area (Å²) in [6.07, 6.45) is 2.52. The maximum Gasteiger partial charge on any atom is 0.253 e. The van der Waals surface area contributed by atoms with Crippen LogP contribution in [-0.2, 0) is 6.54 Å². The third-order valence-corrected chi connectivity index (χ3v) is 6.09. The van der Waals surface area contributed by atoms with Gasteiger partial charge in [0, 0.05) is 57.1 Å². The van der Waals surface area contributed by atoms with E-state index in [1.165, 1.54) is 24.1 Å². The van der Waals surface area contributed by atoms with Crippen LogP contribution >= 0.6 is 0 Å². The molecule has 2 fully saturated rings. The average molecular weight is 393 g/mol. The van der Waals surface area contributed by atoms with Gasteiger partial charge < -0.3 is 19.3 Å². The van der Waals surface area contributed by atoms with Gasteiger partial charge in [-0.25, -0.2) is 0 Å². The zero-order valence-electron chi connectivity index (χ0n) is 16.7. The third-order valence-electron chi connectivity index (χ3n) is 6.09. The lowest BCUT2D eigenvalue weighted by molar-refractivity contribution is 0.0628. The van der Waals surface area contributed by atoms with Crippen LogP contribution in [0, 0.1) is 0 Å². The van der Waals surface area contributed by atoms with Gasteiger partial charge in [0.1, 0.15) is 0 Å². The second-order valence-electron chi connectivity index (χ2n) is 8.00. The maximum atomic E-state index is 12.9. The molecule has 0 N–H and O–H groups in total. The number of carbonyl (C=O) groups is 1. The highest BCUT2D eigenvalue weighted by Gasteiger charge is 2.23. The van der Waals surface area contributed by atoms with Crippen molar-refractivity contribution in [3.05, 3.63) is 53.6 Å². The Bertz CT molecular complexity index is 869. The number of anilines is 1. The second kappa shape index (κ2) is 7.95.